The lowest BCUT2D eigenvalue weighted by atomic mass is 9.70. The van der Waals surface area contributed by atoms with Crippen LogP contribution >= 0.6 is 0 Å². The second kappa shape index (κ2) is 9.99. The van der Waals surface area contributed by atoms with Gasteiger partial charge in [-0.3, -0.25) is 9.69 Å². The van der Waals surface area contributed by atoms with Crippen molar-refractivity contribution in [2.75, 3.05) is 13.1 Å². The summed E-state index contributed by atoms with van der Waals surface area (Å²) in [5.41, 5.74) is 0.634. The van der Waals surface area contributed by atoms with Gasteiger partial charge in [-0.05, 0) is 74.0 Å². The Morgan fingerprint density at radius 2 is 1.74 bits per heavy atom. The average molecular weight is 531 g/mol. The summed E-state index contributed by atoms with van der Waals surface area (Å²) >= 11 is 0. The molecule has 4 fully saturated rings. The van der Waals surface area contributed by atoms with E-state index in [-0.39, 0.29) is 46.7 Å². The molecule has 2 saturated heterocycles. The van der Waals surface area contributed by atoms with Crippen LogP contribution in [0.4, 0.5) is 0 Å². The molecule has 210 valence electrons. The van der Waals surface area contributed by atoms with Crippen molar-refractivity contribution >= 4 is 11.9 Å². The highest BCUT2D eigenvalue weighted by molar-refractivity contribution is 5.88. The number of fused-ring (bicyclic) bond motifs is 2. The molecular formula is C29H42N2O7. The standard InChI is InChI=1S/C29H42N2O7/c1-28(2)18-10-11-29(28,3)24(16-18)38-27(37)20-7-5-13-31(20)25(35)19-6-4-12-30(19)26(36)23(34)15-17-8-9-21(32)22(33)14-17/h8-9,14,18-20,23-24,26,32-34,36H,4-7,10-13,15-16H2,1-3H3/t18?,19-,20+,23-,24?,26?,29?/m1/s1. The third kappa shape index (κ3) is 4.46. The molecule has 5 rings (SSSR count). The molecule has 38 heavy (non-hydrogen) atoms. The lowest BCUT2D eigenvalue weighted by Crippen LogP contribution is -2.55. The zero-order valence-electron chi connectivity index (χ0n) is 22.7. The fraction of sp³-hybridized carbons (Fsp3) is 0.724. The van der Waals surface area contributed by atoms with Gasteiger partial charge in [0, 0.05) is 24.9 Å². The molecular weight excluding hydrogens is 488 g/mol. The Morgan fingerprint density at radius 1 is 1.03 bits per heavy atom. The second-order valence-corrected chi connectivity index (χ2v) is 12.6. The molecule has 2 aliphatic carbocycles. The number of esters is 1. The van der Waals surface area contributed by atoms with Crippen molar-refractivity contribution in [1.82, 2.24) is 9.80 Å². The van der Waals surface area contributed by atoms with E-state index in [9.17, 15) is 30.0 Å². The van der Waals surface area contributed by atoms with E-state index in [2.05, 4.69) is 20.8 Å². The van der Waals surface area contributed by atoms with E-state index in [1.165, 1.54) is 18.6 Å². The zero-order chi connectivity index (χ0) is 27.4. The lowest BCUT2D eigenvalue weighted by Gasteiger charge is -2.39. The number of nitrogens with zero attached hydrogens (tertiary/aromatic N) is 2. The van der Waals surface area contributed by atoms with Gasteiger partial charge in [-0.2, -0.15) is 0 Å². The average Bonchev–Trinajstić information content (AvgIpc) is 3.63. The van der Waals surface area contributed by atoms with Gasteiger partial charge in [-0.25, -0.2) is 4.79 Å². The highest BCUT2D eigenvalue weighted by Crippen LogP contribution is 2.66. The summed E-state index contributed by atoms with van der Waals surface area (Å²) in [6.45, 7) is 7.73. The normalized spacial score (nSPS) is 34.0. The maximum Gasteiger partial charge on any atom is 0.329 e. The monoisotopic (exact) mass is 530 g/mol. The number of rotatable bonds is 7. The molecule has 0 radical (unpaired) electrons. The molecule has 7 atom stereocenters. The number of hydrogen-bond acceptors (Lipinski definition) is 8. The van der Waals surface area contributed by atoms with E-state index in [0.717, 1.165) is 19.3 Å². The molecule has 2 saturated carbocycles. The molecule has 2 bridgehead atoms. The van der Waals surface area contributed by atoms with Gasteiger partial charge in [0.05, 0.1) is 12.1 Å². The smallest absolute Gasteiger partial charge is 0.329 e. The van der Waals surface area contributed by atoms with Crippen LogP contribution in [0.1, 0.15) is 71.3 Å². The van der Waals surface area contributed by atoms with Crippen molar-refractivity contribution in [3.8, 4) is 11.5 Å². The van der Waals surface area contributed by atoms with Gasteiger partial charge >= 0.3 is 5.97 Å². The van der Waals surface area contributed by atoms with Crippen LogP contribution in [0.5, 0.6) is 11.5 Å². The first-order chi connectivity index (χ1) is 17.9. The summed E-state index contributed by atoms with van der Waals surface area (Å²) in [4.78, 5) is 30.3. The predicted molar refractivity (Wildman–Crippen MR) is 139 cm³/mol. The Kier molecular flexibility index (Phi) is 7.16. The van der Waals surface area contributed by atoms with Gasteiger partial charge < -0.3 is 30.1 Å². The third-order valence-corrected chi connectivity index (χ3v) is 10.5. The number of aliphatic hydroxyl groups excluding tert-OH is 2. The number of ether oxygens (including phenoxy) is 1. The van der Waals surface area contributed by atoms with Crippen LogP contribution in [-0.4, -0.2) is 85.7 Å². The summed E-state index contributed by atoms with van der Waals surface area (Å²) < 4.78 is 6.13. The van der Waals surface area contributed by atoms with Gasteiger partial charge in [0.2, 0.25) is 5.91 Å². The van der Waals surface area contributed by atoms with Gasteiger partial charge in [0.1, 0.15) is 18.4 Å². The van der Waals surface area contributed by atoms with Crippen molar-refractivity contribution in [2.45, 2.75) is 103 Å². The molecule has 4 aliphatic rings. The summed E-state index contributed by atoms with van der Waals surface area (Å²) in [5.74, 6) is -0.519. The highest BCUT2D eigenvalue weighted by atomic mass is 16.5. The second-order valence-electron chi connectivity index (χ2n) is 12.6. The number of amides is 1. The number of phenolic OH excluding ortho intramolecular Hbond substituents is 2. The number of likely N-dealkylation sites (tertiary alicyclic amines) is 2. The van der Waals surface area contributed by atoms with E-state index in [0.29, 0.717) is 43.8 Å². The van der Waals surface area contributed by atoms with Crippen LogP contribution in [0.2, 0.25) is 0 Å². The molecule has 0 aromatic heterocycles. The summed E-state index contributed by atoms with van der Waals surface area (Å²) in [6.07, 6.45) is 3.07. The number of carbonyl (C=O) groups excluding carboxylic acids is 2. The molecule has 9 nitrogen and oxygen atoms in total. The Labute approximate surface area is 224 Å². The topological polar surface area (TPSA) is 131 Å². The quantitative estimate of drug-likeness (QED) is 0.313. The predicted octanol–water partition coefficient (Wildman–Crippen LogP) is 2.53. The van der Waals surface area contributed by atoms with Crippen molar-refractivity contribution in [1.29, 1.82) is 0 Å². The van der Waals surface area contributed by atoms with E-state index < -0.39 is 24.4 Å². The number of aliphatic hydroxyl groups is 2. The number of phenols is 2. The minimum absolute atomic E-state index is 0.0441. The lowest BCUT2D eigenvalue weighted by molar-refractivity contribution is -0.166. The Hall–Kier alpha value is -2.36. The van der Waals surface area contributed by atoms with E-state index in [1.54, 1.807) is 15.9 Å². The number of hydrogen-bond donors (Lipinski definition) is 4. The van der Waals surface area contributed by atoms with Crippen LogP contribution in [0, 0.1) is 16.7 Å². The molecule has 1 aromatic carbocycles. The number of aromatic hydroxyl groups is 2. The number of benzene rings is 1. The summed E-state index contributed by atoms with van der Waals surface area (Å²) in [7, 11) is 0. The molecule has 1 aromatic rings. The minimum atomic E-state index is -1.29. The van der Waals surface area contributed by atoms with E-state index in [1.807, 2.05) is 0 Å². The van der Waals surface area contributed by atoms with Crippen LogP contribution in [-0.2, 0) is 20.7 Å². The van der Waals surface area contributed by atoms with E-state index >= 15 is 0 Å². The van der Waals surface area contributed by atoms with Crippen molar-refractivity contribution < 1.29 is 34.8 Å². The molecule has 1 amide bonds. The Balaban J connectivity index is 1.23. The molecule has 2 aliphatic heterocycles. The molecule has 9 heteroatoms. The largest absolute Gasteiger partial charge is 0.504 e. The Bertz CT molecular complexity index is 1080. The first-order valence-corrected chi connectivity index (χ1v) is 14.1. The van der Waals surface area contributed by atoms with Gasteiger partial charge in [0.15, 0.2) is 11.5 Å². The molecule has 4 N–H and O–H groups in total. The first-order valence-electron chi connectivity index (χ1n) is 14.1. The van der Waals surface area contributed by atoms with Crippen molar-refractivity contribution in [3.63, 3.8) is 0 Å². The SMILES string of the molecule is CC1(C)C2CCC1(C)C(OC(=O)[C@@H]1CCCN1C(=O)[C@H]1CCCN1C(O)[C@H](O)Cc1ccc(O)c(O)c1)C2. The van der Waals surface area contributed by atoms with Crippen LogP contribution < -0.4 is 0 Å². The maximum absolute atomic E-state index is 13.7. The van der Waals surface area contributed by atoms with Crippen LogP contribution in [0.15, 0.2) is 18.2 Å². The van der Waals surface area contributed by atoms with E-state index in [4.69, 9.17) is 4.74 Å². The van der Waals surface area contributed by atoms with Gasteiger partial charge in [-0.15, -0.1) is 0 Å². The number of carbonyl (C=O) groups is 2. The van der Waals surface area contributed by atoms with Crippen LogP contribution in [0.25, 0.3) is 0 Å². The maximum atomic E-state index is 13.7. The molecule has 2 heterocycles. The highest BCUT2D eigenvalue weighted by Gasteiger charge is 2.63. The fourth-order valence-corrected chi connectivity index (χ4v) is 7.63. The van der Waals surface area contributed by atoms with Crippen LogP contribution in [0.3, 0.4) is 0 Å². The van der Waals surface area contributed by atoms with Gasteiger partial charge in [-0.1, -0.05) is 26.8 Å². The Morgan fingerprint density at radius 3 is 2.39 bits per heavy atom. The van der Waals surface area contributed by atoms with Crippen molar-refractivity contribution in [3.05, 3.63) is 23.8 Å². The van der Waals surface area contributed by atoms with Crippen molar-refractivity contribution in [2.24, 2.45) is 16.7 Å². The molecule has 4 unspecified atom stereocenters. The van der Waals surface area contributed by atoms with Gasteiger partial charge in [0.25, 0.3) is 0 Å². The first kappa shape index (κ1) is 27.2. The zero-order valence-corrected chi connectivity index (χ0v) is 22.7. The molecule has 0 spiro atoms. The fourth-order valence-electron chi connectivity index (χ4n) is 7.63. The minimum Gasteiger partial charge on any atom is -0.504 e. The third-order valence-electron chi connectivity index (χ3n) is 10.5. The summed E-state index contributed by atoms with van der Waals surface area (Å²) in [5, 5.41) is 41.0. The summed E-state index contributed by atoms with van der Waals surface area (Å²) in [6, 6.07) is 3.00.